The van der Waals surface area contributed by atoms with Crippen LogP contribution in [0.3, 0.4) is 0 Å². The monoisotopic (exact) mass is 278 g/mol. The third-order valence-electron chi connectivity index (χ3n) is 2.67. The van der Waals surface area contributed by atoms with Gasteiger partial charge >= 0.3 is 0 Å². The number of benzene rings is 1. The summed E-state index contributed by atoms with van der Waals surface area (Å²) >= 11 is 6.17. The first-order valence-electron chi connectivity index (χ1n) is 5.79. The Morgan fingerprint density at radius 3 is 2.79 bits per heavy atom. The van der Waals surface area contributed by atoms with E-state index in [2.05, 4.69) is 20.6 Å². The van der Waals surface area contributed by atoms with Crippen molar-refractivity contribution < 1.29 is 4.74 Å². The second-order valence-corrected chi connectivity index (χ2v) is 4.22. The summed E-state index contributed by atoms with van der Waals surface area (Å²) in [4.78, 5) is 8.19. The van der Waals surface area contributed by atoms with Crippen LogP contribution in [-0.2, 0) is 6.54 Å². The number of methoxy groups -OCH3 is 1. The Labute approximate surface area is 117 Å². The van der Waals surface area contributed by atoms with Gasteiger partial charge in [0.2, 0.25) is 0 Å². The SMILES string of the molecule is CNc1cc(NCc2c(Cl)cccc2OC)ncn1. The fourth-order valence-electron chi connectivity index (χ4n) is 1.67. The summed E-state index contributed by atoms with van der Waals surface area (Å²) < 4.78 is 5.29. The number of aromatic nitrogens is 2. The fraction of sp³-hybridized carbons (Fsp3) is 0.231. The zero-order valence-electron chi connectivity index (χ0n) is 10.8. The summed E-state index contributed by atoms with van der Waals surface area (Å²) in [7, 11) is 3.43. The van der Waals surface area contributed by atoms with E-state index in [1.54, 1.807) is 7.11 Å². The van der Waals surface area contributed by atoms with Gasteiger partial charge in [0.25, 0.3) is 0 Å². The molecule has 0 amide bonds. The highest BCUT2D eigenvalue weighted by Gasteiger charge is 2.07. The molecule has 0 aliphatic carbocycles. The predicted octanol–water partition coefficient (Wildman–Crippen LogP) is 2.79. The number of rotatable bonds is 5. The molecule has 6 heteroatoms. The molecule has 0 spiro atoms. The van der Waals surface area contributed by atoms with Gasteiger partial charge in [0, 0.05) is 30.2 Å². The molecule has 1 heterocycles. The number of nitrogens with zero attached hydrogens (tertiary/aromatic N) is 2. The van der Waals surface area contributed by atoms with Crippen molar-refractivity contribution in [2.24, 2.45) is 0 Å². The molecule has 5 nitrogen and oxygen atoms in total. The van der Waals surface area contributed by atoms with Gasteiger partial charge in [0.05, 0.1) is 7.11 Å². The van der Waals surface area contributed by atoms with Crippen LogP contribution in [0.5, 0.6) is 5.75 Å². The average Bonchev–Trinajstić information content (AvgIpc) is 2.46. The molecule has 0 aliphatic rings. The van der Waals surface area contributed by atoms with Crippen molar-refractivity contribution in [2.45, 2.75) is 6.54 Å². The summed E-state index contributed by atoms with van der Waals surface area (Å²) in [6.45, 7) is 0.531. The third kappa shape index (κ3) is 3.26. The third-order valence-corrected chi connectivity index (χ3v) is 3.02. The van der Waals surface area contributed by atoms with Crippen LogP contribution in [0.4, 0.5) is 11.6 Å². The van der Waals surface area contributed by atoms with Gasteiger partial charge < -0.3 is 15.4 Å². The van der Waals surface area contributed by atoms with Crippen molar-refractivity contribution in [3.8, 4) is 5.75 Å². The maximum absolute atomic E-state index is 6.17. The van der Waals surface area contributed by atoms with Crippen LogP contribution >= 0.6 is 11.6 Å². The average molecular weight is 279 g/mol. The Balaban J connectivity index is 2.14. The van der Waals surface area contributed by atoms with Gasteiger partial charge in [0.15, 0.2) is 0 Å². The second-order valence-electron chi connectivity index (χ2n) is 3.81. The van der Waals surface area contributed by atoms with Gasteiger partial charge in [-0.1, -0.05) is 17.7 Å². The molecule has 0 bridgehead atoms. The topological polar surface area (TPSA) is 59.1 Å². The van der Waals surface area contributed by atoms with Crippen molar-refractivity contribution >= 4 is 23.2 Å². The maximum atomic E-state index is 6.17. The Hall–Kier alpha value is -2.01. The van der Waals surface area contributed by atoms with E-state index >= 15 is 0 Å². The molecular weight excluding hydrogens is 264 g/mol. The predicted molar refractivity (Wildman–Crippen MR) is 76.9 cm³/mol. The molecule has 19 heavy (non-hydrogen) atoms. The van der Waals surface area contributed by atoms with Gasteiger partial charge in [-0.2, -0.15) is 0 Å². The van der Waals surface area contributed by atoms with Crippen molar-refractivity contribution in [3.05, 3.63) is 41.2 Å². The van der Waals surface area contributed by atoms with E-state index in [0.717, 1.165) is 22.9 Å². The molecule has 0 atom stereocenters. The molecule has 2 rings (SSSR count). The van der Waals surface area contributed by atoms with Crippen LogP contribution in [0.25, 0.3) is 0 Å². The zero-order valence-corrected chi connectivity index (χ0v) is 11.5. The number of ether oxygens (including phenoxy) is 1. The quantitative estimate of drug-likeness (QED) is 0.881. The standard InChI is InChI=1S/C13H15ClN4O/c1-15-12-6-13(18-8-17-12)16-7-9-10(14)4-3-5-11(9)19-2/h3-6,8H,7H2,1-2H3,(H2,15,16,17,18). The van der Waals surface area contributed by atoms with E-state index in [0.29, 0.717) is 11.6 Å². The first-order valence-corrected chi connectivity index (χ1v) is 6.17. The Morgan fingerprint density at radius 2 is 2.05 bits per heavy atom. The number of halogens is 1. The summed E-state index contributed by atoms with van der Waals surface area (Å²) in [6.07, 6.45) is 1.50. The summed E-state index contributed by atoms with van der Waals surface area (Å²) in [6, 6.07) is 7.39. The molecule has 2 N–H and O–H groups in total. The second kappa shape index (κ2) is 6.24. The number of nitrogens with one attached hydrogen (secondary N) is 2. The first-order chi connectivity index (χ1) is 9.24. The van der Waals surface area contributed by atoms with Crippen LogP contribution in [0.1, 0.15) is 5.56 Å². The molecule has 1 aromatic heterocycles. The molecule has 0 saturated carbocycles. The summed E-state index contributed by atoms with van der Waals surface area (Å²) in [5, 5.41) is 6.82. The fourth-order valence-corrected chi connectivity index (χ4v) is 1.90. The number of hydrogen-bond donors (Lipinski definition) is 2. The van der Waals surface area contributed by atoms with Crippen LogP contribution in [0, 0.1) is 0 Å². The van der Waals surface area contributed by atoms with Crippen LogP contribution in [-0.4, -0.2) is 24.1 Å². The Bertz CT molecular complexity index is 562. The first kappa shape index (κ1) is 13.4. The minimum Gasteiger partial charge on any atom is -0.496 e. The lowest BCUT2D eigenvalue weighted by atomic mass is 10.2. The smallest absolute Gasteiger partial charge is 0.131 e. The van der Waals surface area contributed by atoms with Gasteiger partial charge in [-0.3, -0.25) is 0 Å². The van der Waals surface area contributed by atoms with Gasteiger partial charge in [0.1, 0.15) is 23.7 Å². The molecule has 2 aromatic rings. The van der Waals surface area contributed by atoms with Crippen molar-refractivity contribution in [1.82, 2.24) is 9.97 Å². The highest BCUT2D eigenvalue weighted by molar-refractivity contribution is 6.31. The normalized spacial score (nSPS) is 10.1. The lowest BCUT2D eigenvalue weighted by Crippen LogP contribution is -2.05. The van der Waals surface area contributed by atoms with Crippen molar-refractivity contribution in [2.75, 3.05) is 24.8 Å². The maximum Gasteiger partial charge on any atom is 0.131 e. The minimum absolute atomic E-state index is 0.531. The minimum atomic E-state index is 0.531. The lowest BCUT2D eigenvalue weighted by molar-refractivity contribution is 0.410. The van der Waals surface area contributed by atoms with E-state index in [9.17, 15) is 0 Å². The Morgan fingerprint density at radius 1 is 1.26 bits per heavy atom. The van der Waals surface area contributed by atoms with Gasteiger partial charge in [-0.05, 0) is 12.1 Å². The van der Waals surface area contributed by atoms with Crippen LogP contribution in [0.15, 0.2) is 30.6 Å². The summed E-state index contributed by atoms with van der Waals surface area (Å²) in [5.41, 5.74) is 0.899. The van der Waals surface area contributed by atoms with Crippen LogP contribution in [0.2, 0.25) is 5.02 Å². The largest absolute Gasteiger partial charge is 0.496 e. The molecular formula is C13H15ClN4O. The van der Waals surface area contributed by atoms with E-state index in [1.807, 2.05) is 31.3 Å². The van der Waals surface area contributed by atoms with Gasteiger partial charge in [-0.25, -0.2) is 9.97 Å². The summed E-state index contributed by atoms with van der Waals surface area (Å²) in [5.74, 6) is 2.23. The van der Waals surface area contributed by atoms with Crippen molar-refractivity contribution in [1.29, 1.82) is 0 Å². The highest BCUT2D eigenvalue weighted by atomic mass is 35.5. The van der Waals surface area contributed by atoms with E-state index < -0.39 is 0 Å². The molecule has 1 aromatic carbocycles. The molecule has 0 fully saturated rings. The zero-order chi connectivity index (χ0) is 13.7. The molecule has 0 radical (unpaired) electrons. The van der Waals surface area contributed by atoms with E-state index in [-0.39, 0.29) is 0 Å². The van der Waals surface area contributed by atoms with Crippen molar-refractivity contribution in [3.63, 3.8) is 0 Å². The Kier molecular flexibility index (Phi) is 4.41. The van der Waals surface area contributed by atoms with E-state index in [1.165, 1.54) is 6.33 Å². The molecule has 100 valence electrons. The highest BCUT2D eigenvalue weighted by Crippen LogP contribution is 2.26. The van der Waals surface area contributed by atoms with Crippen LogP contribution < -0.4 is 15.4 Å². The molecule has 0 saturated heterocycles. The van der Waals surface area contributed by atoms with Gasteiger partial charge in [-0.15, -0.1) is 0 Å². The lowest BCUT2D eigenvalue weighted by Gasteiger charge is -2.12. The molecule has 0 unspecified atom stereocenters. The number of anilines is 2. The number of hydrogen-bond acceptors (Lipinski definition) is 5. The van der Waals surface area contributed by atoms with E-state index in [4.69, 9.17) is 16.3 Å². The molecule has 0 aliphatic heterocycles.